The number of hydrogen-bond donors (Lipinski definition) is 2. The highest BCUT2D eigenvalue weighted by Gasteiger charge is 2.32. The number of likely N-dealkylation sites (tertiary alicyclic amines) is 1. The zero-order valence-electron chi connectivity index (χ0n) is 11.5. The monoisotopic (exact) mass is 303 g/mol. The van der Waals surface area contributed by atoms with Crippen LogP contribution in [0.5, 0.6) is 0 Å². The van der Waals surface area contributed by atoms with Gasteiger partial charge in [0.1, 0.15) is 6.21 Å². The molecule has 0 atom stereocenters. The van der Waals surface area contributed by atoms with Gasteiger partial charge in [0, 0.05) is 19.1 Å². The molecule has 2 rings (SSSR count). The summed E-state index contributed by atoms with van der Waals surface area (Å²) in [6, 6.07) is 0.440. The number of halogens is 2. The van der Waals surface area contributed by atoms with Crippen molar-refractivity contribution in [2.24, 2.45) is 10.7 Å². The molecule has 0 aromatic heterocycles. The second kappa shape index (κ2) is 6.90. The van der Waals surface area contributed by atoms with E-state index in [0.717, 1.165) is 32.1 Å². The fourth-order valence-electron chi connectivity index (χ4n) is 2.57. The van der Waals surface area contributed by atoms with E-state index in [4.69, 9.17) is 5.73 Å². The van der Waals surface area contributed by atoms with Gasteiger partial charge in [-0.2, -0.15) is 0 Å². The standard InChI is InChI=1S/C12H19F2N5O2/c13-12(14)11(15)10(19(20)21)5-17-8-6-18(7-8)9-1-3-16-4-2-9/h5,8-9,12,16H,1-4,6-7,15H2. The Bertz CT molecular complexity index is 443. The van der Waals surface area contributed by atoms with E-state index in [9.17, 15) is 18.9 Å². The molecule has 0 bridgehead atoms. The lowest BCUT2D eigenvalue weighted by Gasteiger charge is -2.44. The van der Waals surface area contributed by atoms with Gasteiger partial charge in [0.05, 0.1) is 11.0 Å². The number of nitrogens with two attached hydrogens (primary N) is 1. The van der Waals surface area contributed by atoms with Gasteiger partial charge >= 0.3 is 5.70 Å². The summed E-state index contributed by atoms with van der Waals surface area (Å²) in [6.45, 7) is 3.41. The zero-order valence-corrected chi connectivity index (χ0v) is 11.5. The molecule has 0 radical (unpaired) electrons. The summed E-state index contributed by atoms with van der Waals surface area (Å²) >= 11 is 0. The molecule has 7 nitrogen and oxygen atoms in total. The summed E-state index contributed by atoms with van der Waals surface area (Å²) < 4.78 is 24.8. The molecule has 0 aliphatic carbocycles. The van der Waals surface area contributed by atoms with Gasteiger partial charge in [0.15, 0.2) is 5.70 Å². The van der Waals surface area contributed by atoms with Gasteiger partial charge in [-0.3, -0.25) is 20.0 Å². The molecular formula is C12H19F2N5O2. The number of piperidine rings is 1. The fraction of sp³-hybridized carbons (Fsp3) is 0.750. The SMILES string of the molecule is NC(=C(C=NC1CN(C2CCNCC2)C1)[N+](=O)[O-])C(F)F. The number of nitro groups is 1. The minimum Gasteiger partial charge on any atom is -0.392 e. The molecule has 21 heavy (non-hydrogen) atoms. The van der Waals surface area contributed by atoms with E-state index < -0.39 is 22.7 Å². The number of allylic oxidation sites excluding steroid dienone is 2. The normalized spacial score (nSPS) is 23.4. The van der Waals surface area contributed by atoms with E-state index in [1.165, 1.54) is 0 Å². The third-order valence-electron chi connectivity index (χ3n) is 3.85. The number of hydrogen-bond acceptors (Lipinski definition) is 6. The van der Waals surface area contributed by atoms with E-state index in [1.54, 1.807) is 0 Å². The number of nitrogens with zero attached hydrogens (tertiary/aromatic N) is 3. The van der Waals surface area contributed by atoms with Crippen molar-refractivity contribution in [3.05, 3.63) is 21.5 Å². The highest BCUT2D eigenvalue weighted by Crippen LogP contribution is 2.21. The van der Waals surface area contributed by atoms with E-state index in [2.05, 4.69) is 15.2 Å². The van der Waals surface area contributed by atoms with Crippen molar-refractivity contribution in [3.63, 3.8) is 0 Å². The number of alkyl halides is 2. The molecule has 2 heterocycles. The fourth-order valence-corrected chi connectivity index (χ4v) is 2.57. The average Bonchev–Trinajstić information content (AvgIpc) is 2.41. The first-order valence-electron chi connectivity index (χ1n) is 6.89. The van der Waals surface area contributed by atoms with Crippen LogP contribution in [0.15, 0.2) is 16.4 Å². The first kappa shape index (κ1) is 15.8. The van der Waals surface area contributed by atoms with Crippen molar-refractivity contribution in [3.8, 4) is 0 Å². The molecule has 0 saturated carbocycles. The van der Waals surface area contributed by atoms with Crippen LogP contribution in [0.4, 0.5) is 8.78 Å². The molecule has 0 aromatic rings. The Morgan fingerprint density at radius 2 is 2.05 bits per heavy atom. The van der Waals surface area contributed by atoms with Crippen molar-refractivity contribution in [1.82, 2.24) is 10.2 Å². The molecule has 118 valence electrons. The van der Waals surface area contributed by atoms with Gasteiger partial charge in [0.2, 0.25) is 0 Å². The first-order chi connectivity index (χ1) is 9.99. The third kappa shape index (κ3) is 3.94. The van der Waals surface area contributed by atoms with E-state index in [0.29, 0.717) is 19.1 Å². The number of nitrogens with one attached hydrogen (secondary N) is 1. The Morgan fingerprint density at radius 3 is 2.57 bits per heavy atom. The summed E-state index contributed by atoms with van der Waals surface area (Å²) in [5.41, 5.74) is 3.17. The third-order valence-corrected chi connectivity index (χ3v) is 3.85. The van der Waals surface area contributed by atoms with Gasteiger partial charge in [0.25, 0.3) is 6.43 Å². The van der Waals surface area contributed by atoms with Crippen LogP contribution in [0.2, 0.25) is 0 Å². The van der Waals surface area contributed by atoms with E-state index in [-0.39, 0.29) is 6.04 Å². The molecule has 0 aromatic carbocycles. The summed E-state index contributed by atoms with van der Waals surface area (Å²) in [5, 5.41) is 14.0. The van der Waals surface area contributed by atoms with Crippen LogP contribution >= 0.6 is 0 Å². The highest BCUT2D eigenvalue weighted by atomic mass is 19.3. The second-order valence-electron chi connectivity index (χ2n) is 5.27. The summed E-state index contributed by atoms with van der Waals surface area (Å²) in [6.07, 6.45) is -0.0280. The Morgan fingerprint density at radius 1 is 1.43 bits per heavy atom. The molecule has 0 spiro atoms. The van der Waals surface area contributed by atoms with Crippen LogP contribution in [0, 0.1) is 10.1 Å². The molecule has 3 N–H and O–H groups in total. The molecule has 2 aliphatic rings. The van der Waals surface area contributed by atoms with Crippen molar-refractivity contribution in [2.75, 3.05) is 26.2 Å². The minimum absolute atomic E-state index is 0.0830. The van der Waals surface area contributed by atoms with Gasteiger partial charge in [-0.05, 0) is 25.9 Å². The lowest BCUT2D eigenvalue weighted by Crippen LogP contribution is -2.56. The maximum Gasteiger partial charge on any atom is 0.311 e. The van der Waals surface area contributed by atoms with Crippen LogP contribution in [0.1, 0.15) is 12.8 Å². The number of rotatable bonds is 5. The van der Waals surface area contributed by atoms with Gasteiger partial charge in [-0.1, -0.05) is 0 Å². The van der Waals surface area contributed by atoms with Crippen molar-refractivity contribution in [2.45, 2.75) is 31.4 Å². The van der Waals surface area contributed by atoms with Crippen LogP contribution < -0.4 is 11.1 Å². The lowest BCUT2D eigenvalue weighted by molar-refractivity contribution is -0.416. The molecule has 0 unspecified atom stereocenters. The van der Waals surface area contributed by atoms with Crippen LogP contribution in [0.3, 0.4) is 0 Å². The van der Waals surface area contributed by atoms with Gasteiger partial charge in [-0.25, -0.2) is 8.78 Å². The van der Waals surface area contributed by atoms with Crippen molar-refractivity contribution in [1.29, 1.82) is 0 Å². The smallest absolute Gasteiger partial charge is 0.311 e. The van der Waals surface area contributed by atoms with Crippen LogP contribution in [0.25, 0.3) is 0 Å². The predicted molar refractivity (Wildman–Crippen MR) is 74.0 cm³/mol. The van der Waals surface area contributed by atoms with Crippen LogP contribution in [-0.4, -0.2) is 60.7 Å². The highest BCUT2D eigenvalue weighted by molar-refractivity contribution is 5.76. The molecule has 0 amide bonds. The summed E-state index contributed by atoms with van der Waals surface area (Å²) in [4.78, 5) is 16.1. The zero-order chi connectivity index (χ0) is 15.4. The largest absolute Gasteiger partial charge is 0.392 e. The van der Waals surface area contributed by atoms with Crippen molar-refractivity contribution < 1.29 is 13.7 Å². The topological polar surface area (TPSA) is 96.8 Å². The summed E-state index contributed by atoms with van der Waals surface area (Å²) in [5.74, 6) is 0. The summed E-state index contributed by atoms with van der Waals surface area (Å²) in [7, 11) is 0. The van der Waals surface area contributed by atoms with E-state index >= 15 is 0 Å². The average molecular weight is 303 g/mol. The van der Waals surface area contributed by atoms with Gasteiger partial charge in [-0.15, -0.1) is 0 Å². The predicted octanol–water partition coefficient (Wildman–Crippen LogP) is 0.205. The first-order valence-corrected chi connectivity index (χ1v) is 6.89. The van der Waals surface area contributed by atoms with Crippen LogP contribution in [-0.2, 0) is 0 Å². The lowest BCUT2D eigenvalue weighted by atomic mass is 9.99. The quantitative estimate of drug-likeness (QED) is 0.430. The maximum absolute atomic E-state index is 12.4. The Labute approximate surface area is 121 Å². The van der Waals surface area contributed by atoms with E-state index in [1.807, 2.05) is 0 Å². The Hall–Kier alpha value is -1.61. The maximum atomic E-state index is 12.4. The van der Waals surface area contributed by atoms with Crippen molar-refractivity contribution >= 4 is 6.21 Å². The minimum atomic E-state index is -3.05. The molecule has 9 heteroatoms. The molecule has 2 saturated heterocycles. The molecule has 2 fully saturated rings. The molecular weight excluding hydrogens is 284 g/mol. The Kier molecular flexibility index (Phi) is 5.18. The van der Waals surface area contributed by atoms with Gasteiger partial charge < -0.3 is 11.1 Å². The number of aliphatic imine (C=N–C) groups is 1. The Balaban J connectivity index is 1.88. The second-order valence-corrected chi connectivity index (χ2v) is 5.27. The molecule has 2 aliphatic heterocycles.